The molecule has 2 amide bonds. The van der Waals surface area contributed by atoms with Gasteiger partial charge in [-0.05, 0) is 62.0 Å². The van der Waals surface area contributed by atoms with Crippen molar-refractivity contribution in [3.8, 4) is 17.6 Å². The van der Waals surface area contributed by atoms with Gasteiger partial charge in [-0.15, -0.1) is 0 Å². The van der Waals surface area contributed by atoms with Gasteiger partial charge in [0.25, 0.3) is 11.8 Å². The SMILES string of the molecule is CCOc1cc(/C=C2/C(=O)N(CC3CCCO3)C(=O)C(C#N)=C2C)ccc1OCC(C)C. The Morgan fingerprint density at radius 1 is 1.25 bits per heavy atom. The third-order valence-corrected chi connectivity index (χ3v) is 5.39. The number of rotatable bonds is 8. The quantitative estimate of drug-likeness (QED) is 0.452. The van der Waals surface area contributed by atoms with E-state index < -0.39 is 11.8 Å². The molecule has 0 saturated carbocycles. The van der Waals surface area contributed by atoms with Crippen LogP contribution >= 0.6 is 0 Å². The molecule has 3 rings (SSSR count). The summed E-state index contributed by atoms with van der Waals surface area (Å²) in [6, 6.07) is 7.42. The number of imide groups is 1. The van der Waals surface area contributed by atoms with Gasteiger partial charge in [-0.3, -0.25) is 14.5 Å². The second-order valence-electron chi connectivity index (χ2n) is 8.37. The Kier molecular flexibility index (Phi) is 7.70. The molecule has 1 saturated heterocycles. The lowest BCUT2D eigenvalue weighted by atomic mass is 9.93. The summed E-state index contributed by atoms with van der Waals surface area (Å²) in [4.78, 5) is 27.2. The molecule has 0 aliphatic carbocycles. The van der Waals surface area contributed by atoms with Gasteiger partial charge in [-0.25, -0.2) is 0 Å². The van der Waals surface area contributed by atoms with Crippen molar-refractivity contribution >= 4 is 17.9 Å². The Morgan fingerprint density at radius 3 is 2.66 bits per heavy atom. The van der Waals surface area contributed by atoms with Crippen LogP contribution in [-0.4, -0.2) is 49.2 Å². The summed E-state index contributed by atoms with van der Waals surface area (Å²) in [5.41, 5.74) is 1.40. The Bertz CT molecular complexity index is 981. The van der Waals surface area contributed by atoms with E-state index >= 15 is 0 Å². The predicted octanol–water partition coefficient (Wildman–Crippen LogP) is 3.89. The molecule has 1 atom stereocenters. The van der Waals surface area contributed by atoms with Crippen molar-refractivity contribution in [3.63, 3.8) is 0 Å². The Hall–Kier alpha value is -3.11. The molecular formula is C25H30N2O5. The number of amides is 2. The number of hydrogen-bond donors (Lipinski definition) is 0. The van der Waals surface area contributed by atoms with Crippen molar-refractivity contribution in [2.24, 2.45) is 5.92 Å². The fourth-order valence-corrected chi connectivity index (χ4v) is 3.71. The van der Waals surface area contributed by atoms with Gasteiger partial charge in [-0.1, -0.05) is 19.9 Å². The van der Waals surface area contributed by atoms with Crippen molar-refractivity contribution in [1.29, 1.82) is 5.26 Å². The lowest BCUT2D eigenvalue weighted by molar-refractivity contribution is -0.142. The van der Waals surface area contributed by atoms with E-state index in [0.717, 1.165) is 23.3 Å². The van der Waals surface area contributed by atoms with E-state index in [0.29, 0.717) is 48.4 Å². The van der Waals surface area contributed by atoms with Crippen LogP contribution in [0, 0.1) is 17.2 Å². The number of carbonyl (C=O) groups excluding carboxylic acids is 2. The average Bonchev–Trinajstić information content (AvgIpc) is 3.27. The molecule has 32 heavy (non-hydrogen) atoms. The first-order valence-corrected chi connectivity index (χ1v) is 11.1. The van der Waals surface area contributed by atoms with Crippen LogP contribution in [0.2, 0.25) is 0 Å². The van der Waals surface area contributed by atoms with Crippen molar-refractivity contribution in [1.82, 2.24) is 4.90 Å². The zero-order valence-corrected chi connectivity index (χ0v) is 19.1. The molecule has 7 nitrogen and oxygen atoms in total. The molecule has 7 heteroatoms. The second kappa shape index (κ2) is 10.5. The highest BCUT2D eigenvalue weighted by Crippen LogP contribution is 2.32. The van der Waals surface area contributed by atoms with Crippen LogP contribution in [0.15, 0.2) is 34.9 Å². The first-order valence-electron chi connectivity index (χ1n) is 11.1. The van der Waals surface area contributed by atoms with Crippen LogP contribution in [0.3, 0.4) is 0 Å². The Balaban J connectivity index is 1.96. The minimum absolute atomic E-state index is 0.0178. The topological polar surface area (TPSA) is 88.9 Å². The maximum absolute atomic E-state index is 13.2. The molecule has 1 unspecified atom stereocenters. The van der Waals surface area contributed by atoms with E-state index in [1.807, 2.05) is 25.1 Å². The fraction of sp³-hybridized carbons (Fsp3) is 0.480. The second-order valence-corrected chi connectivity index (χ2v) is 8.37. The molecule has 170 valence electrons. The number of ether oxygens (including phenoxy) is 3. The van der Waals surface area contributed by atoms with E-state index in [1.54, 1.807) is 19.1 Å². The van der Waals surface area contributed by atoms with Crippen molar-refractivity contribution < 1.29 is 23.8 Å². The molecule has 0 radical (unpaired) electrons. The van der Waals surface area contributed by atoms with E-state index in [9.17, 15) is 14.9 Å². The van der Waals surface area contributed by atoms with Gasteiger partial charge < -0.3 is 14.2 Å². The summed E-state index contributed by atoms with van der Waals surface area (Å²) in [7, 11) is 0. The van der Waals surface area contributed by atoms with Crippen molar-refractivity contribution in [3.05, 3.63) is 40.5 Å². The number of benzene rings is 1. The van der Waals surface area contributed by atoms with Crippen LogP contribution in [0.4, 0.5) is 0 Å². The van der Waals surface area contributed by atoms with Gasteiger partial charge in [0, 0.05) is 12.2 Å². The maximum atomic E-state index is 13.2. The van der Waals surface area contributed by atoms with E-state index in [4.69, 9.17) is 14.2 Å². The molecule has 0 N–H and O–H groups in total. The number of hydrogen-bond acceptors (Lipinski definition) is 6. The van der Waals surface area contributed by atoms with Crippen LogP contribution in [0.5, 0.6) is 11.5 Å². The molecule has 0 spiro atoms. The summed E-state index contributed by atoms with van der Waals surface area (Å²) >= 11 is 0. The Labute approximate surface area is 189 Å². The zero-order chi connectivity index (χ0) is 23.3. The van der Waals surface area contributed by atoms with Gasteiger partial charge in [0.05, 0.1) is 25.9 Å². The van der Waals surface area contributed by atoms with Gasteiger partial charge in [0.1, 0.15) is 11.6 Å². The summed E-state index contributed by atoms with van der Waals surface area (Å²) < 4.78 is 17.2. The van der Waals surface area contributed by atoms with E-state index in [2.05, 4.69) is 13.8 Å². The van der Waals surface area contributed by atoms with Gasteiger partial charge in [0.15, 0.2) is 11.5 Å². The van der Waals surface area contributed by atoms with Crippen LogP contribution in [0.1, 0.15) is 46.1 Å². The monoisotopic (exact) mass is 438 g/mol. The predicted molar refractivity (Wildman–Crippen MR) is 120 cm³/mol. The molecule has 1 aromatic carbocycles. The highest BCUT2D eigenvalue weighted by atomic mass is 16.5. The van der Waals surface area contributed by atoms with Crippen LogP contribution < -0.4 is 9.47 Å². The number of nitriles is 1. The summed E-state index contributed by atoms with van der Waals surface area (Å²) in [6.07, 6.45) is 3.19. The van der Waals surface area contributed by atoms with Gasteiger partial charge in [0.2, 0.25) is 0 Å². The Morgan fingerprint density at radius 2 is 2.03 bits per heavy atom. The lowest BCUT2D eigenvalue weighted by Crippen LogP contribution is -2.46. The van der Waals surface area contributed by atoms with Gasteiger partial charge in [-0.2, -0.15) is 5.26 Å². The molecule has 2 aliphatic heterocycles. The standard InChI is InChI=1S/C25H30N2O5/c1-5-30-23-12-18(8-9-22(23)32-15-16(2)3)11-20-17(4)21(13-26)25(29)27(24(20)28)14-19-7-6-10-31-19/h8-9,11-12,16,19H,5-7,10,14-15H2,1-4H3/b20-11+. The largest absolute Gasteiger partial charge is 0.490 e. The molecule has 1 fully saturated rings. The van der Waals surface area contributed by atoms with Crippen LogP contribution in [-0.2, 0) is 14.3 Å². The molecule has 2 heterocycles. The van der Waals surface area contributed by atoms with Crippen molar-refractivity contribution in [2.45, 2.75) is 46.6 Å². The summed E-state index contributed by atoms with van der Waals surface area (Å²) in [6.45, 7) is 9.47. The normalized spacial score (nSPS) is 20.3. The minimum Gasteiger partial charge on any atom is -0.490 e. The number of nitrogens with zero attached hydrogens (tertiary/aromatic N) is 2. The smallest absolute Gasteiger partial charge is 0.271 e. The minimum atomic E-state index is -0.560. The third-order valence-electron chi connectivity index (χ3n) is 5.39. The average molecular weight is 439 g/mol. The fourth-order valence-electron chi connectivity index (χ4n) is 3.71. The first-order chi connectivity index (χ1) is 15.3. The zero-order valence-electron chi connectivity index (χ0n) is 19.1. The summed E-state index contributed by atoms with van der Waals surface area (Å²) in [5.74, 6) is 0.615. The highest BCUT2D eigenvalue weighted by molar-refractivity contribution is 6.19. The van der Waals surface area contributed by atoms with Gasteiger partial charge >= 0.3 is 0 Å². The van der Waals surface area contributed by atoms with E-state index in [-0.39, 0.29) is 18.2 Å². The van der Waals surface area contributed by atoms with Crippen molar-refractivity contribution in [2.75, 3.05) is 26.4 Å². The molecule has 2 aliphatic rings. The number of carbonyl (C=O) groups is 2. The maximum Gasteiger partial charge on any atom is 0.271 e. The van der Waals surface area contributed by atoms with E-state index in [1.165, 1.54) is 0 Å². The summed E-state index contributed by atoms with van der Waals surface area (Å²) in [5, 5.41) is 9.57. The molecule has 1 aromatic rings. The third kappa shape index (κ3) is 5.20. The first kappa shape index (κ1) is 23.6. The molecular weight excluding hydrogens is 408 g/mol. The lowest BCUT2D eigenvalue weighted by Gasteiger charge is -2.29. The highest BCUT2D eigenvalue weighted by Gasteiger charge is 2.37. The van der Waals surface area contributed by atoms with Crippen LogP contribution in [0.25, 0.3) is 6.08 Å². The molecule has 0 bridgehead atoms. The molecule has 0 aromatic heterocycles.